The molecule has 2 aromatic carbocycles. The van der Waals surface area contributed by atoms with Gasteiger partial charge >= 0.3 is 0 Å². The van der Waals surface area contributed by atoms with Crippen LogP contribution in [-0.4, -0.2) is 59.3 Å². The number of aryl methyl sites for hydroxylation is 1. The summed E-state index contributed by atoms with van der Waals surface area (Å²) in [6.45, 7) is 3.25. The Morgan fingerprint density at radius 1 is 1.00 bits per heavy atom. The second kappa shape index (κ2) is 14.1. The summed E-state index contributed by atoms with van der Waals surface area (Å²) in [5.74, 6) is -1.17. The first kappa shape index (κ1) is 27.8. The molecule has 9 nitrogen and oxygen atoms in total. The number of carbonyl (C=O) groups is 3. The Bertz CT molecular complexity index is 1180. The molecule has 0 aliphatic rings. The summed E-state index contributed by atoms with van der Waals surface area (Å²) in [5.41, 5.74) is 14.1. The maximum Gasteiger partial charge on any atom is 0.247 e. The van der Waals surface area contributed by atoms with Crippen LogP contribution in [0.4, 0.5) is 5.69 Å². The topological polar surface area (TPSA) is 143 Å². The van der Waals surface area contributed by atoms with E-state index >= 15 is 0 Å². The van der Waals surface area contributed by atoms with Crippen LogP contribution in [0, 0.1) is 0 Å². The molecular formula is C28H36N6O3. The van der Waals surface area contributed by atoms with E-state index in [1.807, 2.05) is 67.6 Å². The minimum Gasteiger partial charge on any atom is -0.343 e. The number of pyridine rings is 1. The number of para-hydroxylation sites is 1. The van der Waals surface area contributed by atoms with Gasteiger partial charge in [0.25, 0.3) is 0 Å². The number of rotatable bonds is 13. The van der Waals surface area contributed by atoms with Gasteiger partial charge in [0.15, 0.2) is 0 Å². The summed E-state index contributed by atoms with van der Waals surface area (Å²) < 4.78 is 0. The second-order valence-corrected chi connectivity index (χ2v) is 8.97. The van der Waals surface area contributed by atoms with Gasteiger partial charge in [0.2, 0.25) is 17.7 Å². The van der Waals surface area contributed by atoms with E-state index in [1.165, 1.54) is 0 Å². The molecule has 6 N–H and O–H groups in total. The highest BCUT2D eigenvalue weighted by Crippen LogP contribution is 2.17. The molecule has 0 aliphatic carbocycles. The van der Waals surface area contributed by atoms with Crippen molar-refractivity contribution in [3.05, 3.63) is 72.4 Å². The van der Waals surface area contributed by atoms with Gasteiger partial charge in [-0.25, -0.2) is 0 Å². The van der Waals surface area contributed by atoms with Crippen LogP contribution < -0.4 is 22.1 Å². The Morgan fingerprint density at radius 2 is 1.73 bits per heavy atom. The first-order valence-corrected chi connectivity index (χ1v) is 12.6. The lowest BCUT2D eigenvalue weighted by molar-refractivity contribution is -0.134. The van der Waals surface area contributed by atoms with Gasteiger partial charge in [0.1, 0.15) is 6.04 Å². The minimum absolute atomic E-state index is 0.159. The number of amides is 3. The molecule has 0 radical (unpaired) electrons. The molecule has 196 valence electrons. The Balaban J connectivity index is 1.69. The lowest BCUT2D eigenvalue weighted by Gasteiger charge is -2.24. The van der Waals surface area contributed by atoms with Crippen molar-refractivity contribution < 1.29 is 14.4 Å². The monoisotopic (exact) mass is 504 g/mol. The van der Waals surface area contributed by atoms with Gasteiger partial charge in [0.05, 0.1) is 29.9 Å². The zero-order valence-corrected chi connectivity index (χ0v) is 21.2. The van der Waals surface area contributed by atoms with E-state index in [1.54, 1.807) is 11.1 Å². The van der Waals surface area contributed by atoms with Crippen LogP contribution in [0.1, 0.15) is 31.7 Å². The fourth-order valence-electron chi connectivity index (χ4n) is 4.07. The van der Waals surface area contributed by atoms with Crippen LogP contribution in [-0.2, 0) is 20.8 Å². The quantitative estimate of drug-likeness (QED) is 0.281. The van der Waals surface area contributed by atoms with Crippen molar-refractivity contribution in [2.45, 2.75) is 44.7 Å². The number of carbonyl (C=O) groups excluding carboxylic acids is 3. The average molecular weight is 505 g/mol. The number of hydrogen-bond acceptors (Lipinski definition) is 6. The summed E-state index contributed by atoms with van der Waals surface area (Å²) >= 11 is 0. The van der Waals surface area contributed by atoms with Gasteiger partial charge in [-0.2, -0.15) is 0 Å². The van der Waals surface area contributed by atoms with E-state index in [0.29, 0.717) is 38.2 Å². The number of nitrogens with two attached hydrogens (primary N) is 2. The summed E-state index contributed by atoms with van der Waals surface area (Å²) in [7, 11) is 0. The Hall–Kier alpha value is -3.82. The molecule has 3 aromatic rings. The number of hydrogen-bond donors (Lipinski definition) is 4. The van der Waals surface area contributed by atoms with Gasteiger partial charge in [-0.1, -0.05) is 55.5 Å². The third-order valence-electron chi connectivity index (χ3n) is 6.03. The Morgan fingerprint density at radius 3 is 2.46 bits per heavy atom. The number of anilines is 1. The van der Waals surface area contributed by atoms with E-state index in [9.17, 15) is 14.4 Å². The molecule has 0 bridgehead atoms. The van der Waals surface area contributed by atoms with Gasteiger partial charge in [0, 0.05) is 25.0 Å². The summed E-state index contributed by atoms with van der Waals surface area (Å²) in [6, 6.07) is 17.2. The second-order valence-electron chi connectivity index (χ2n) is 8.97. The number of benzene rings is 2. The summed E-state index contributed by atoms with van der Waals surface area (Å²) in [5, 5.41) is 6.51. The molecule has 1 aromatic heterocycles. The molecule has 1 heterocycles. The van der Waals surface area contributed by atoms with Crippen molar-refractivity contribution in [3.63, 3.8) is 0 Å². The highest BCUT2D eigenvalue weighted by atomic mass is 16.2. The lowest BCUT2D eigenvalue weighted by Crippen LogP contribution is -2.51. The number of nitrogens with zero attached hydrogens (tertiary/aromatic N) is 2. The van der Waals surface area contributed by atoms with E-state index in [2.05, 4.69) is 15.6 Å². The molecule has 0 aliphatic heterocycles. The molecule has 0 spiro atoms. The molecule has 37 heavy (non-hydrogen) atoms. The van der Waals surface area contributed by atoms with Crippen LogP contribution in [0.5, 0.6) is 0 Å². The predicted molar refractivity (Wildman–Crippen MR) is 146 cm³/mol. The van der Waals surface area contributed by atoms with Crippen molar-refractivity contribution in [2.24, 2.45) is 11.5 Å². The third kappa shape index (κ3) is 8.37. The van der Waals surface area contributed by atoms with E-state index < -0.39 is 18.0 Å². The molecule has 3 amide bonds. The Kier molecular flexibility index (Phi) is 10.5. The number of nitrogens with one attached hydrogen (secondary N) is 2. The fraction of sp³-hybridized carbons (Fsp3) is 0.357. The largest absolute Gasteiger partial charge is 0.343 e. The van der Waals surface area contributed by atoms with Gasteiger partial charge < -0.3 is 27.0 Å². The normalized spacial score (nSPS) is 12.5. The van der Waals surface area contributed by atoms with Crippen molar-refractivity contribution in [3.8, 4) is 0 Å². The third-order valence-corrected chi connectivity index (χ3v) is 6.03. The van der Waals surface area contributed by atoms with Gasteiger partial charge in [-0.05, 0) is 37.0 Å². The lowest BCUT2D eigenvalue weighted by atomic mass is 10.0. The van der Waals surface area contributed by atoms with Crippen LogP contribution in [0.3, 0.4) is 0 Å². The fourth-order valence-corrected chi connectivity index (χ4v) is 4.07. The number of fused-ring (bicyclic) bond motifs is 1. The first-order chi connectivity index (χ1) is 17.9. The first-order valence-electron chi connectivity index (χ1n) is 12.6. The molecular weight excluding hydrogens is 468 g/mol. The van der Waals surface area contributed by atoms with Crippen molar-refractivity contribution >= 4 is 34.3 Å². The van der Waals surface area contributed by atoms with E-state index in [4.69, 9.17) is 11.5 Å². The van der Waals surface area contributed by atoms with Crippen LogP contribution in [0.25, 0.3) is 10.9 Å². The van der Waals surface area contributed by atoms with Crippen molar-refractivity contribution in [1.29, 1.82) is 0 Å². The predicted octanol–water partition coefficient (Wildman–Crippen LogP) is 2.21. The van der Waals surface area contributed by atoms with Gasteiger partial charge in [-0.15, -0.1) is 0 Å². The maximum atomic E-state index is 13.2. The van der Waals surface area contributed by atoms with Crippen LogP contribution >= 0.6 is 0 Å². The zero-order chi connectivity index (χ0) is 26.6. The highest BCUT2D eigenvalue weighted by molar-refractivity contribution is 5.99. The molecule has 2 atom stereocenters. The maximum absolute atomic E-state index is 13.2. The smallest absolute Gasteiger partial charge is 0.247 e. The summed E-state index contributed by atoms with van der Waals surface area (Å²) in [4.78, 5) is 44.8. The molecule has 0 saturated heterocycles. The van der Waals surface area contributed by atoms with E-state index in [0.717, 1.165) is 22.9 Å². The molecule has 9 heteroatoms. The number of aromatic nitrogens is 1. The molecule has 0 unspecified atom stereocenters. The molecule has 0 saturated carbocycles. The Labute approximate surface area is 217 Å². The standard InChI is InChI=1S/C28H36N6O3/c1-2-15-34(16-14-29)26(35)18-23(30)27(36)33-25(13-12-20-8-4-3-5-9-20)28(37)32-22-17-21-10-6-7-11-24(21)31-19-22/h3-11,17,19,23,25H,2,12-16,18,29-30H2,1H3,(H,32,37)(H,33,36)/t23-,25-/m0/s1. The van der Waals surface area contributed by atoms with Crippen LogP contribution in [0.15, 0.2) is 66.9 Å². The minimum atomic E-state index is -1.08. The molecule has 3 rings (SSSR count). The zero-order valence-electron chi connectivity index (χ0n) is 21.2. The van der Waals surface area contributed by atoms with Gasteiger partial charge in [-0.3, -0.25) is 19.4 Å². The highest BCUT2D eigenvalue weighted by Gasteiger charge is 2.26. The van der Waals surface area contributed by atoms with Crippen molar-refractivity contribution in [2.75, 3.05) is 25.0 Å². The van der Waals surface area contributed by atoms with Crippen LogP contribution in [0.2, 0.25) is 0 Å². The molecule has 0 fully saturated rings. The summed E-state index contributed by atoms with van der Waals surface area (Å²) in [6.07, 6.45) is 3.13. The SMILES string of the molecule is CCCN(CCN)C(=O)C[C@H](N)C(=O)N[C@@H](CCc1ccccc1)C(=O)Nc1cnc2ccccc2c1. The van der Waals surface area contributed by atoms with Crippen molar-refractivity contribution in [1.82, 2.24) is 15.2 Å². The van der Waals surface area contributed by atoms with E-state index in [-0.39, 0.29) is 18.2 Å². The average Bonchev–Trinajstić information content (AvgIpc) is 2.91.